The van der Waals surface area contributed by atoms with Crippen molar-refractivity contribution in [1.82, 2.24) is 0 Å². The van der Waals surface area contributed by atoms with Crippen LogP contribution >= 0.6 is 0 Å². The molecule has 186 valence electrons. The Hall–Kier alpha value is -1.88. The number of nitrogens with zero attached hydrogens (tertiary/aromatic N) is 1. The molecule has 2 rings (SSSR count). The molecule has 0 radical (unpaired) electrons. The van der Waals surface area contributed by atoms with Crippen molar-refractivity contribution in [2.24, 2.45) is 0 Å². The van der Waals surface area contributed by atoms with Gasteiger partial charge in [0.2, 0.25) is 6.04 Å². The monoisotopic (exact) mass is 467 g/mol. The van der Waals surface area contributed by atoms with E-state index in [-0.39, 0.29) is 31.4 Å². The predicted molar refractivity (Wildman–Crippen MR) is 124 cm³/mol. The standard InChI is InChI=1S/C24H37NO8/c1-5-13-28-17-20-21(29-14-6-2)22(30-15-7-3)23(31-16-8-4)24(33-20)32-19-12-10-9-11-18(19)25(26)27/h5-8,18-24H,1-4,9-17H2/t18?,19?,20-,21-,22+,23-,24?/m1/s1. The van der Waals surface area contributed by atoms with E-state index in [1.165, 1.54) is 0 Å². The molecule has 0 spiro atoms. The van der Waals surface area contributed by atoms with Gasteiger partial charge in [-0.25, -0.2) is 0 Å². The highest BCUT2D eigenvalue weighted by Gasteiger charge is 2.50. The van der Waals surface area contributed by atoms with Crippen LogP contribution in [0.5, 0.6) is 0 Å². The lowest BCUT2D eigenvalue weighted by molar-refractivity contribution is -0.543. The Morgan fingerprint density at radius 2 is 1.42 bits per heavy atom. The van der Waals surface area contributed by atoms with E-state index in [9.17, 15) is 10.1 Å². The second kappa shape index (κ2) is 15.1. The van der Waals surface area contributed by atoms with Gasteiger partial charge < -0.3 is 28.4 Å². The van der Waals surface area contributed by atoms with Crippen molar-refractivity contribution in [1.29, 1.82) is 0 Å². The normalized spacial score (nSPS) is 32.1. The van der Waals surface area contributed by atoms with Crippen LogP contribution in [0.3, 0.4) is 0 Å². The summed E-state index contributed by atoms with van der Waals surface area (Å²) in [5, 5.41) is 11.6. The molecule has 2 aliphatic rings. The molecule has 1 saturated heterocycles. The van der Waals surface area contributed by atoms with Gasteiger partial charge in [0.25, 0.3) is 0 Å². The van der Waals surface area contributed by atoms with Crippen molar-refractivity contribution < 1.29 is 33.3 Å². The summed E-state index contributed by atoms with van der Waals surface area (Å²) in [5.41, 5.74) is 0. The highest BCUT2D eigenvalue weighted by molar-refractivity contribution is 4.95. The van der Waals surface area contributed by atoms with Gasteiger partial charge in [0, 0.05) is 11.3 Å². The van der Waals surface area contributed by atoms with Gasteiger partial charge in [-0.2, -0.15) is 0 Å². The number of ether oxygens (including phenoxy) is 6. The number of nitro groups is 1. The van der Waals surface area contributed by atoms with Crippen LogP contribution in [-0.4, -0.2) is 80.8 Å². The minimum absolute atomic E-state index is 0.194. The van der Waals surface area contributed by atoms with E-state index in [0.29, 0.717) is 19.4 Å². The van der Waals surface area contributed by atoms with Gasteiger partial charge >= 0.3 is 0 Å². The Kier molecular flexibility index (Phi) is 12.5. The van der Waals surface area contributed by atoms with Crippen molar-refractivity contribution in [3.8, 4) is 0 Å². The Labute approximate surface area is 196 Å². The van der Waals surface area contributed by atoms with Crippen LogP contribution in [0, 0.1) is 10.1 Å². The Morgan fingerprint density at radius 1 is 0.848 bits per heavy atom. The summed E-state index contributed by atoms with van der Waals surface area (Å²) in [4.78, 5) is 11.4. The molecule has 1 saturated carbocycles. The molecule has 7 atom stereocenters. The number of rotatable bonds is 16. The molecule has 2 fully saturated rings. The number of hydrogen-bond donors (Lipinski definition) is 0. The molecule has 0 N–H and O–H groups in total. The summed E-state index contributed by atoms with van der Waals surface area (Å²) >= 11 is 0. The molecule has 9 heteroatoms. The average Bonchev–Trinajstić information content (AvgIpc) is 2.81. The lowest BCUT2D eigenvalue weighted by atomic mass is 9.92. The van der Waals surface area contributed by atoms with Crippen molar-refractivity contribution in [3.63, 3.8) is 0 Å². The van der Waals surface area contributed by atoms with Gasteiger partial charge in [-0.1, -0.05) is 30.7 Å². The smallest absolute Gasteiger partial charge is 0.238 e. The fraction of sp³-hybridized carbons (Fsp3) is 0.667. The topological polar surface area (TPSA) is 98.5 Å². The SMILES string of the molecule is C=CCOC[C@H]1OC(OC2CCCCC2[N+](=O)[O-])[C@H](OCC=C)[C@@H](OCC=C)[C@@H]1OCC=C. The van der Waals surface area contributed by atoms with Crippen LogP contribution in [0.25, 0.3) is 0 Å². The number of hydrogen-bond acceptors (Lipinski definition) is 8. The third kappa shape index (κ3) is 8.13. The van der Waals surface area contributed by atoms with Crippen LogP contribution in [0.4, 0.5) is 0 Å². The molecular formula is C24H37NO8. The summed E-state index contributed by atoms with van der Waals surface area (Å²) in [6.45, 7) is 16.1. The lowest BCUT2D eigenvalue weighted by Gasteiger charge is -2.46. The molecule has 1 heterocycles. The first-order valence-electron chi connectivity index (χ1n) is 11.4. The van der Waals surface area contributed by atoms with Gasteiger partial charge in [0.15, 0.2) is 6.29 Å². The largest absolute Gasteiger partial charge is 0.375 e. The molecule has 0 bridgehead atoms. The molecule has 1 aliphatic heterocycles. The highest BCUT2D eigenvalue weighted by Crippen LogP contribution is 2.33. The molecule has 0 aromatic carbocycles. The summed E-state index contributed by atoms with van der Waals surface area (Å²) in [5.74, 6) is 0. The zero-order chi connectivity index (χ0) is 24.1. The van der Waals surface area contributed by atoms with Crippen LogP contribution in [0.1, 0.15) is 25.7 Å². The van der Waals surface area contributed by atoms with E-state index in [1.54, 1.807) is 24.3 Å². The van der Waals surface area contributed by atoms with Gasteiger partial charge in [-0.3, -0.25) is 10.1 Å². The fourth-order valence-electron chi connectivity index (χ4n) is 4.14. The van der Waals surface area contributed by atoms with Crippen LogP contribution in [-0.2, 0) is 28.4 Å². The van der Waals surface area contributed by atoms with Gasteiger partial charge in [0.1, 0.15) is 30.5 Å². The minimum atomic E-state index is -0.911. The Balaban J connectivity index is 2.32. The van der Waals surface area contributed by atoms with Crippen molar-refractivity contribution >= 4 is 0 Å². The van der Waals surface area contributed by atoms with Crippen LogP contribution < -0.4 is 0 Å². The first kappa shape index (κ1) is 27.4. The summed E-state index contributed by atoms with van der Waals surface area (Å²) in [7, 11) is 0. The zero-order valence-corrected chi connectivity index (χ0v) is 19.3. The van der Waals surface area contributed by atoms with E-state index >= 15 is 0 Å². The van der Waals surface area contributed by atoms with Crippen LogP contribution in [0.2, 0.25) is 0 Å². The maximum absolute atomic E-state index is 11.6. The van der Waals surface area contributed by atoms with Crippen molar-refractivity contribution in [2.45, 2.75) is 68.5 Å². The van der Waals surface area contributed by atoms with Gasteiger partial charge in [-0.05, 0) is 12.8 Å². The third-order valence-corrected chi connectivity index (χ3v) is 5.58. The second-order valence-corrected chi connectivity index (χ2v) is 7.94. The molecule has 0 amide bonds. The van der Waals surface area contributed by atoms with E-state index in [2.05, 4.69) is 26.3 Å². The second-order valence-electron chi connectivity index (χ2n) is 7.94. The molecule has 33 heavy (non-hydrogen) atoms. The molecule has 9 nitrogen and oxygen atoms in total. The molecule has 0 aromatic rings. The molecule has 3 unspecified atom stereocenters. The van der Waals surface area contributed by atoms with E-state index in [0.717, 1.165) is 12.8 Å². The average molecular weight is 468 g/mol. The summed E-state index contributed by atoms with van der Waals surface area (Å²) in [6.07, 6.45) is 5.29. The molecular weight excluding hydrogens is 430 g/mol. The quantitative estimate of drug-likeness (QED) is 0.148. The Morgan fingerprint density at radius 3 is 2.03 bits per heavy atom. The first-order chi connectivity index (χ1) is 16.1. The summed E-state index contributed by atoms with van der Waals surface area (Å²) < 4.78 is 36.3. The minimum Gasteiger partial charge on any atom is -0.375 e. The predicted octanol–water partition coefficient (Wildman–Crippen LogP) is 3.23. The zero-order valence-electron chi connectivity index (χ0n) is 19.3. The lowest BCUT2D eigenvalue weighted by Crippen LogP contribution is -2.63. The van der Waals surface area contributed by atoms with E-state index in [4.69, 9.17) is 28.4 Å². The van der Waals surface area contributed by atoms with E-state index < -0.39 is 42.9 Å². The maximum atomic E-state index is 11.6. The Bertz CT molecular complexity index is 642. The van der Waals surface area contributed by atoms with Crippen molar-refractivity contribution in [3.05, 3.63) is 60.7 Å². The molecule has 1 aliphatic carbocycles. The van der Waals surface area contributed by atoms with E-state index in [1.807, 2.05) is 0 Å². The van der Waals surface area contributed by atoms with Crippen LogP contribution in [0.15, 0.2) is 50.6 Å². The van der Waals surface area contributed by atoms with Gasteiger partial charge in [-0.15, -0.1) is 26.3 Å². The first-order valence-corrected chi connectivity index (χ1v) is 11.4. The highest BCUT2D eigenvalue weighted by atomic mass is 16.7. The summed E-state index contributed by atoms with van der Waals surface area (Å²) in [6, 6.07) is -0.792. The van der Waals surface area contributed by atoms with Crippen molar-refractivity contribution in [2.75, 3.05) is 33.0 Å². The molecule has 0 aromatic heterocycles. The third-order valence-electron chi connectivity index (χ3n) is 5.58. The fourth-order valence-corrected chi connectivity index (χ4v) is 4.14. The maximum Gasteiger partial charge on any atom is 0.238 e. The van der Waals surface area contributed by atoms with Gasteiger partial charge in [0.05, 0.1) is 33.0 Å².